The van der Waals surface area contributed by atoms with E-state index in [0.717, 1.165) is 96.3 Å². The molecule has 0 aliphatic rings. The fourth-order valence-corrected chi connectivity index (χ4v) is 8.53. The Balaban J connectivity index is 4.08. The van der Waals surface area contributed by atoms with Gasteiger partial charge in [-0.05, 0) is 103 Å². The number of phosphoric acid groups is 1. The molecule has 9 heteroatoms. The van der Waals surface area contributed by atoms with Gasteiger partial charge in [0.05, 0.1) is 39.9 Å². The van der Waals surface area contributed by atoms with Gasteiger partial charge in [0.1, 0.15) is 13.2 Å². The van der Waals surface area contributed by atoms with Crippen LogP contribution in [0.1, 0.15) is 226 Å². The molecule has 0 saturated heterocycles. The molecule has 0 aromatic rings. The van der Waals surface area contributed by atoms with Crippen LogP contribution < -0.4 is 10.2 Å². The summed E-state index contributed by atoms with van der Waals surface area (Å²) in [5, 5.41) is 13.8. The highest BCUT2D eigenvalue weighted by atomic mass is 31.2. The first-order valence-electron chi connectivity index (χ1n) is 29.4. The number of phosphoric ester groups is 1. The highest BCUT2D eigenvalue weighted by molar-refractivity contribution is 7.45. The third-order valence-corrected chi connectivity index (χ3v) is 13.3. The van der Waals surface area contributed by atoms with Crippen LogP contribution in [-0.2, 0) is 18.4 Å². The van der Waals surface area contributed by atoms with Gasteiger partial charge in [-0.3, -0.25) is 9.36 Å². The van der Waals surface area contributed by atoms with Gasteiger partial charge in [0.15, 0.2) is 0 Å². The minimum Gasteiger partial charge on any atom is -0.756 e. The summed E-state index contributed by atoms with van der Waals surface area (Å²) in [6.07, 6.45) is 80.0. The molecule has 418 valence electrons. The first-order valence-corrected chi connectivity index (χ1v) is 30.9. The summed E-state index contributed by atoms with van der Waals surface area (Å²) in [7, 11) is 1.22. The van der Waals surface area contributed by atoms with Gasteiger partial charge in [0.2, 0.25) is 5.91 Å². The zero-order valence-electron chi connectivity index (χ0n) is 47.5. The average Bonchev–Trinajstić information content (AvgIpc) is 3.35. The van der Waals surface area contributed by atoms with Crippen LogP contribution in [-0.4, -0.2) is 68.5 Å². The molecule has 0 spiro atoms. The summed E-state index contributed by atoms with van der Waals surface area (Å²) in [6, 6.07) is -0.916. The maximum Gasteiger partial charge on any atom is 0.268 e. The van der Waals surface area contributed by atoms with E-state index in [9.17, 15) is 19.4 Å². The third kappa shape index (κ3) is 56.5. The third-order valence-electron chi connectivity index (χ3n) is 12.4. The Labute approximate surface area is 450 Å². The number of quaternary nitrogens is 1. The molecule has 1 amide bonds. The monoisotopic (exact) mass is 1030 g/mol. The van der Waals surface area contributed by atoms with Crippen molar-refractivity contribution in [3.05, 3.63) is 122 Å². The Kier molecular flexibility index (Phi) is 51.4. The van der Waals surface area contributed by atoms with Crippen molar-refractivity contribution in [2.45, 2.75) is 238 Å². The molecule has 0 aromatic carbocycles. The first kappa shape index (κ1) is 69.9. The lowest BCUT2D eigenvalue weighted by Crippen LogP contribution is -2.45. The van der Waals surface area contributed by atoms with Crippen molar-refractivity contribution in [3.8, 4) is 0 Å². The van der Waals surface area contributed by atoms with Crippen LogP contribution in [0, 0.1) is 0 Å². The van der Waals surface area contributed by atoms with Crippen molar-refractivity contribution in [1.82, 2.24) is 5.32 Å². The second-order valence-electron chi connectivity index (χ2n) is 20.6. The summed E-state index contributed by atoms with van der Waals surface area (Å²) < 4.78 is 23.3. The highest BCUT2D eigenvalue weighted by Gasteiger charge is 2.23. The number of hydrogen-bond donors (Lipinski definition) is 2. The van der Waals surface area contributed by atoms with Crippen LogP contribution >= 0.6 is 7.82 Å². The molecular formula is C64H111N2O6P. The number of carbonyl (C=O) groups is 1. The molecular weight excluding hydrogens is 924 g/mol. The summed E-state index contributed by atoms with van der Waals surface area (Å²) in [6.45, 7) is 4.47. The van der Waals surface area contributed by atoms with Gasteiger partial charge in [-0.2, -0.15) is 0 Å². The van der Waals surface area contributed by atoms with Crippen LogP contribution in [0.4, 0.5) is 0 Å². The average molecular weight is 1040 g/mol. The van der Waals surface area contributed by atoms with E-state index < -0.39 is 26.6 Å². The number of amides is 1. The number of allylic oxidation sites excluding steroid dienone is 19. The minimum atomic E-state index is -4.61. The molecule has 3 unspecified atom stereocenters. The van der Waals surface area contributed by atoms with E-state index in [-0.39, 0.29) is 12.5 Å². The number of likely N-dealkylation sites (N-methyl/N-ethyl adjacent to an activating group) is 1. The first-order chi connectivity index (χ1) is 35.5. The van der Waals surface area contributed by atoms with Gasteiger partial charge in [0.25, 0.3) is 7.82 Å². The molecule has 0 radical (unpaired) electrons. The van der Waals surface area contributed by atoms with Crippen LogP contribution in [0.15, 0.2) is 122 Å². The topological polar surface area (TPSA) is 108 Å². The molecule has 73 heavy (non-hydrogen) atoms. The van der Waals surface area contributed by atoms with E-state index in [2.05, 4.69) is 129 Å². The van der Waals surface area contributed by atoms with Crippen molar-refractivity contribution in [2.75, 3.05) is 40.9 Å². The predicted molar refractivity (Wildman–Crippen MR) is 315 cm³/mol. The Bertz CT molecular complexity index is 1600. The normalized spacial score (nSPS) is 14.8. The lowest BCUT2D eigenvalue weighted by Gasteiger charge is -2.29. The summed E-state index contributed by atoms with van der Waals surface area (Å²) in [4.78, 5) is 25.5. The van der Waals surface area contributed by atoms with Gasteiger partial charge in [0, 0.05) is 6.42 Å². The highest BCUT2D eigenvalue weighted by Crippen LogP contribution is 2.38. The summed E-state index contributed by atoms with van der Waals surface area (Å²) in [5.74, 6) is -0.216. The summed E-state index contributed by atoms with van der Waals surface area (Å²) in [5.41, 5.74) is 0. The van der Waals surface area contributed by atoms with Gasteiger partial charge in [-0.15, -0.1) is 0 Å². The number of carbonyl (C=O) groups excluding carboxylic acids is 1. The maximum absolute atomic E-state index is 12.9. The quantitative estimate of drug-likeness (QED) is 0.0272. The molecule has 0 saturated carbocycles. The molecule has 3 atom stereocenters. The largest absolute Gasteiger partial charge is 0.756 e. The van der Waals surface area contributed by atoms with E-state index in [4.69, 9.17) is 9.05 Å². The van der Waals surface area contributed by atoms with Crippen molar-refractivity contribution in [1.29, 1.82) is 0 Å². The van der Waals surface area contributed by atoms with E-state index >= 15 is 0 Å². The van der Waals surface area contributed by atoms with Crippen molar-refractivity contribution >= 4 is 13.7 Å². The molecule has 0 aliphatic carbocycles. The molecule has 0 bridgehead atoms. The number of nitrogens with one attached hydrogen (secondary N) is 1. The molecule has 2 N–H and O–H groups in total. The van der Waals surface area contributed by atoms with E-state index in [0.29, 0.717) is 17.4 Å². The van der Waals surface area contributed by atoms with Crippen molar-refractivity contribution in [3.63, 3.8) is 0 Å². The lowest BCUT2D eigenvalue weighted by molar-refractivity contribution is -0.870. The van der Waals surface area contributed by atoms with Crippen LogP contribution in [0.3, 0.4) is 0 Å². The summed E-state index contributed by atoms with van der Waals surface area (Å²) >= 11 is 0. The maximum atomic E-state index is 12.9. The molecule has 0 fully saturated rings. The Hall–Kier alpha value is -3.10. The van der Waals surface area contributed by atoms with Crippen LogP contribution in [0.5, 0.6) is 0 Å². The van der Waals surface area contributed by atoms with Crippen LogP contribution in [0.2, 0.25) is 0 Å². The van der Waals surface area contributed by atoms with E-state index in [1.54, 1.807) is 6.08 Å². The zero-order chi connectivity index (χ0) is 53.5. The molecule has 0 rings (SSSR count). The number of hydrogen-bond acceptors (Lipinski definition) is 6. The van der Waals surface area contributed by atoms with E-state index in [1.165, 1.54) is 109 Å². The predicted octanol–water partition coefficient (Wildman–Crippen LogP) is 17.5. The number of unbranched alkanes of at least 4 members (excludes halogenated alkanes) is 21. The fraction of sp³-hybridized carbons (Fsp3) is 0.672. The number of rotatable bonds is 52. The molecule has 8 nitrogen and oxygen atoms in total. The number of nitrogens with zero attached hydrogens (tertiary/aromatic N) is 1. The molecule has 0 heterocycles. The van der Waals surface area contributed by atoms with Crippen molar-refractivity contribution in [2.24, 2.45) is 0 Å². The molecule has 0 aromatic heterocycles. The SMILES string of the molecule is CC/C=C\C/C=C\C/C=C\C/C=C\C/C=C\C/C=C\C/C=C\CCCCCCCCCCCCCCCCCC(=O)NC(COP(=O)([O-])OCC[N+](C)(C)C)C(O)/C=C/CC/C=C/CC/C=C/CCCCCC. The zero-order valence-corrected chi connectivity index (χ0v) is 48.4. The van der Waals surface area contributed by atoms with Crippen LogP contribution in [0.25, 0.3) is 0 Å². The molecule has 0 aliphatic heterocycles. The smallest absolute Gasteiger partial charge is 0.268 e. The Morgan fingerprint density at radius 2 is 0.849 bits per heavy atom. The Morgan fingerprint density at radius 3 is 1.27 bits per heavy atom. The van der Waals surface area contributed by atoms with Crippen molar-refractivity contribution < 1.29 is 32.9 Å². The standard InChI is InChI=1S/C64H111N2O6P/c1-6-8-10-12-14-16-18-20-22-23-24-25-26-27-28-29-30-31-32-33-34-35-36-37-38-39-40-41-42-43-44-46-48-50-52-54-56-58-64(68)65-62(61-72-73(69,70)71-60-59-66(3,4)5)63(67)57-55-53-51-49-47-45-21-19-17-15-13-11-9-7-2/h8,10,14,16-17,19-20,22,24-25,27-28,30-31,33-34,47,49,55,57,62-63,67H,6-7,9,11-13,15,18,21,23,26,29,32,35-46,48,50-54,56,58-61H2,1-5H3,(H-,65,68,69,70)/b10-8-,16-14-,19-17+,22-20-,25-24-,28-27-,31-30-,34-33-,49-47+,57-55+. The lowest BCUT2D eigenvalue weighted by atomic mass is 10.0. The van der Waals surface area contributed by atoms with E-state index in [1.807, 2.05) is 27.2 Å². The second-order valence-corrected chi connectivity index (χ2v) is 22.0. The van der Waals surface area contributed by atoms with Gasteiger partial charge < -0.3 is 28.8 Å². The van der Waals surface area contributed by atoms with Gasteiger partial charge in [-0.25, -0.2) is 0 Å². The Morgan fingerprint density at radius 1 is 0.493 bits per heavy atom. The minimum absolute atomic E-state index is 0.0136. The van der Waals surface area contributed by atoms with Gasteiger partial charge >= 0.3 is 0 Å². The fourth-order valence-electron chi connectivity index (χ4n) is 7.81. The number of aliphatic hydroxyl groups is 1. The van der Waals surface area contributed by atoms with Gasteiger partial charge in [-0.1, -0.05) is 238 Å². The second kappa shape index (κ2) is 53.7. The number of aliphatic hydroxyl groups excluding tert-OH is 1.